The molecular weight excluding hydrogens is 276 g/mol. The van der Waals surface area contributed by atoms with Crippen LogP contribution in [0, 0.1) is 0 Å². The van der Waals surface area contributed by atoms with Crippen molar-refractivity contribution in [1.29, 1.82) is 0 Å². The summed E-state index contributed by atoms with van der Waals surface area (Å²) in [5.41, 5.74) is 1.23. The van der Waals surface area contributed by atoms with E-state index in [1.165, 1.54) is 30.1 Å². The van der Waals surface area contributed by atoms with Crippen molar-refractivity contribution < 1.29 is 22.4 Å². The second-order valence-electron chi connectivity index (χ2n) is 4.71. The van der Waals surface area contributed by atoms with Gasteiger partial charge in [-0.25, -0.2) is 8.78 Å². The SMILES string of the molecule is CNC(c1ccc2c(c1)CC(=O)N2C)C(F)(F)C(F)F. The fourth-order valence-electron chi connectivity index (χ4n) is 2.38. The topological polar surface area (TPSA) is 32.3 Å². The van der Waals surface area contributed by atoms with Crippen LogP contribution in [0.2, 0.25) is 0 Å². The summed E-state index contributed by atoms with van der Waals surface area (Å²) in [6, 6.07) is 2.43. The maximum Gasteiger partial charge on any atom is 0.326 e. The van der Waals surface area contributed by atoms with Gasteiger partial charge in [0, 0.05) is 12.7 Å². The Morgan fingerprint density at radius 1 is 1.35 bits per heavy atom. The molecule has 7 heteroatoms. The average molecular weight is 290 g/mol. The standard InChI is InChI=1S/C13H14F4N2O/c1-18-11(13(16,17)12(14)15)7-3-4-9-8(5-7)6-10(20)19(9)2/h3-5,11-12,18H,6H2,1-2H3. The zero-order chi connectivity index (χ0) is 15.1. The molecule has 0 saturated heterocycles. The number of rotatable bonds is 4. The molecule has 0 spiro atoms. The molecule has 1 amide bonds. The highest BCUT2D eigenvalue weighted by Gasteiger charge is 2.49. The second kappa shape index (κ2) is 5.05. The number of hydrogen-bond acceptors (Lipinski definition) is 2. The van der Waals surface area contributed by atoms with Gasteiger partial charge in [-0.1, -0.05) is 12.1 Å². The quantitative estimate of drug-likeness (QED) is 0.863. The molecule has 0 radical (unpaired) electrons. The van der Waals surface area contributed by atoms with Gasteiger partial charge in [0.2, 0.25) is 5.91 Å². The van der Waals surface area contributed by atoms with Crippen LogP contribution in [0.3, 0.4) is 0 Å². The number of amides is 1. The summed E-state index contributed by atoms with van der Waals surface area (Å²) in [4.78, 5) is 12.9. The highest BCUT2D eigenvalue weighted by Crippen LogP contribution is 2.38. The molecule has 3 nitrogen and oxygen atoms in total. The van der Waals surface area contributed by atoms with Gasteiger partial charge in [-0.15, -0.1) is 0 Å². The van der Waals surface area contributed by atoms with Gasteiger partial charge in [-0.2, -0.15) is 8.78 Å². The number of halogens is 4. The monoisotopic (exact) mass is 290 g/mol. The van der Waals surface area contributed by atoms with Gasteiger partial charge in [0.1, 0.15) is 6.04 Å². The van der Waals surface area contributed by atoms with E-state index in [9.17, 15) is 22.4 Å². The van der Waals surface area contributed by atoms with E-state index in [1.807, 2.05) is 0 Å². The molecule has 1 aliphatic rings. The third-order valence-corrected chi connectivity index (χ3v) is 3.48. The number of hydrogen-bond donors (Lipinski definition) is 1. The summed E-state index contributed by atoms with van der Waals surface area (Å²) in [5.74, 6) is -4.34. The highest BCUT2D eigenvalue weighted by atomic mass is 19.3. The molecule has 0 bridgehead atoms. The van der Waals surface area contributed by atoms with Crippen LogP contribution >= 0.6 is 0 Å². The second-order valence-corrected chi connectivity index (χ2v) is 4.71. The molecule has 1 N–H and O–H groups in total. The summed E-state index contributed by atoms with van der Waals surface area (Å²) in [6.45, 7) is 0. The molecule has 1 aliphatic heterocycles. The molecule has 1 atom stereocenters. The van der Waals surface area contributed by atoms with Crippen molar-refractivity contribution >= 4 is 11.6 Å². The smallest absolute Gasteiger partial charge is 0.315 e. The number of alkyl halides is 4. The molecule has 20 heavy (non-hydrogen) atoms. The van der Waals surface area contributed by atoms with E-state index >= 15 is 0 Å². The van der Waals surface area contributed by atoms with E-state index in [1.54, 1.807) is 7.05 Å². The van der Waals surface area contributed by atoms with E-state index in [0.717, 1.165) is 0 Å². The molecule has 1 unspecified atom stereocenters. The van der Waals surface area contributed by atoms with Gasteiger partial charge in [-0.05, 0) is 24.2 Å². The lowest BCUT2D eigenvalue weighted by molar-refractivity contribution is -0.150. The van der Waals surface area contributed by atoms with Gasteiger partial charge < -0.3 is 10.2 Å². The Morgan fingerprint density at radius 3 is 2.55 bits per heavy atom. The first kappa shape index (κ1) is 14.8. The summed E-state index contributed by atoms with van der Waals surface area (Å²) in [7, 11) is 2.78. The third-order valence-electron chi connectivity index (χ3n) is 3.48. The molecule has 2 rings (SSSR count). The van der Waals surface area contributed by atoms with Crippen molar-refractivity contribution in [2.24, 2.45) is 0 Å². The molecule has 1 heterocycles. The van der Waals surface area contributed by atoms with Crippen molar-refractivity contribution in [3.8, 4) is 0 Å². The van der Waals surface area contributed by atoms with Crippen LogP contribution in [0.25, 0.3) is 0 Å². The van der Waals surface area contributed by atoms with Crippen molar-refractivity contribution in [3.63, 3.8) is 0 Å². The molecule has 0 saturated carbocycles. The molecular formula is C13H14F4N2O. The number of anilines is 1. The Kier molecular flexibility index (Phi) is 3.73. The minimum Gasteiger partial charge on any atom is -0.315 e. The van der Waals surface area contributed by atoms with Crippen LogP contribution in [0.4, 0.5) is 23.2 Å². The minimum atomic E-state index is -4.18. The van der Waals surface area contributed by atoms with E-state index < -0.39 is 18.4 Å². The van der Waals surface area contributed by atoms with Crippen molar-refractivity contribution in [2.75, 3.05) is 19.0 Å². The maximum absolute atomic E-state index is 13.5. The fraction of sp³-hybridized carbons (Fsp3) is 0.462. The van der Waals surface area contributed by atoms with Crippen molar-refractivity contribution in [1.82, 2.24) is 5.32 Å². The fourth-order valence-corrected chi connectivity index (χ4v) is 2.38. The van der Waals surface area contributed by atoms with E-state index in [0.29, 0.717) is 11.3 Å². The summed E-state index contributed by atoms with van der Waals surface area (Å²) in [6.07, 6.45) is -3.67. The highest BCUT2D eigenvalue weighted by molar-refractivity contribution is 6.00. The van der Waals surface area contributed by atoms with Crippen LogP contribution in [0.5, 0.6) is 0 Å². The number of likely N-dealkylation sites (N-methyl/N-ethyl adjacent to an activating group) is 1. The number of carbonyl (C=O) groups excluding carboxylic acids is 1. The normalized spacial score (nSPS) is 16.8. The zero-order valence-corrected chi connectivity index (χ0v) is 11.0. The minimum absolute atomic E-state index is 0.0413. The molecule has 0 aliphatic carbocycles. The first-order chi connectivity index (χ1) is 9.28. The largest absolute Gasteiger partial charge is 0.326 e. The number of nitrogens with one attached hydrogen (secondary N) is 1. The Hall–Kier alpha value is -1.63. The van der Waals surface area contributed by atoms with E-state index in [4.69, 9.17) is 0 Å². The van der Waals surface area contributed by atoms with E-state index in [2.05, 4.69) is 5.32 Å². The van der Waals surface area contributed by atoms with Crippen LogP contribution in [0.15, 0.2) is 18.2 Å². The number of benzene rings is 1. The van der Waals surface area contributed by atoms with Crippen LogP contribution in [-0.4, -0.2) is 32.4 Å². The molecule has 110 valence electrons. The average Bonchev–Trinajstić information content (AvgIpc) is 2.65. The van der Waals surface area contributed by atoms with Gasteiger partial charge >= 0.3 is 12.3 Å². The first-order valence-electron chi connectivity index (χ1n) is 6.01. The predicted octanol–water partition coefficient (Wildman–Crippen LogP) is 2.37. The summed E-state index contributed by atoms with van der Waals surface area (Å²) >= 11 is 0. The lowest BCUT2D eigenvalue weighted by Crippen LogP contribution is -2.41. The van der Waals surface area contributed by atoms with Crippen LogP contribution in [-0.2, 0) is 11.2 Å². The Labute approximate surface area is 113 Å². The van der Waals surface area contributed by atoms with Crippen molar-refractivity contribution in [2.45, 2.75) is 24.8 Å². The molecule has 0 fully saturated rings. The molecule has 1 aromatic rings. The predicted molar refractivity (Wildman–Crippen MR) is 66.3 cm³/mol. The number of nitrogens with zero attached hydrogens (tertiary/aromatic N) is 1. The third kappa shape index (κ3) is 2.26. The van der Waals surface area contributed by atoms with Gasteiger partial charge in [0.15, 0.2) is 0 Å². The lowest BCUT2D eigenvalue weighted by atomic mass is 9.97. The summed E-state index contributed by atoms with van der Waals surface area (Å²) < 4.78 is 52.0. The number of carbonyl (C=O) groups is 1. The Balaban J connectivity index is 2.39. The van der Waals surface area contributed by atoms with Gasteiger partial charge in [-0.3, -0.25) is 4.79 Å². The van der Waals surface area contributed by atoms with Crippen molar-refractivity contribution in [3.05, 3.63) is 29.3 Å². The maximum atomic E-state index is 13.5. The molecule has 1 aromatic carbocycles. The summed E-state index contributed by atoms with van der Waals surface area (Å²) in [5, 5.41) is 2.23. The lowest BCUT2D eigenvalue weighted by Gasteiger charge is -2.26. The first-order valence-corrected chi connectivity index (χ1v) is 6.01. The number of fused-ring (bicyclic) bond motifs is 1. The molecule has 0 aromatic heterocycles. The van der Waals surface area contributed by atoms with Gasteiger partial charge in [0.25, 0.3) is 0 Å². The van der Waals surface area contributed by atoms with Crippen LogP contribution < -0.4 is 10.2 Å². The zero-order valence-electron chi connectivity index (χ0n) is 11.0. The van der Waals surface area contributed by atoms with E-state index in [-0.39, 0.29) is 17.9 Å². The Bertz CT molecular complexity index is 533. The van der Waals surface area contributed by atoms with Crippen LogP contribution in [0.1, 0.15) is 17.2 Å². The Morgan fingerprint density at radius 2 is 2.00 bits per heavy atom. The van der Waals surface area contributed by atoms with Gasteiger partial charge in [0.05, 0.1) is 6.42 Å².